The van der Waals surface area contributed by atoms with E-state index in [-0.39, 0.29) is 11.4 Å². The Morgan fingerprint density at radius 2 is 1.58 bits per heavy atom. The molecule has 0 saturated carbocycles. The van der Waals surface area contributed by atoms with Gasteiger partial charge < -0.3 is 4.74 Å². The lowest BCUT2D eigenvalue weighted by Gasteiger charge is -2.23. The third-order valence-corrected chi connectivity index (χ3v) is 3.04. The van der Waals surface area contributed by atoms with Crippen LogP contribution in [0, 0.1) is 0 Å². The number of Topliss-reactive ketones (excluding diaryl/α,β-unsaturated/α-hetero) is 1. The van der Waals surface area contributed by atoms with Crippen molar-refractivity contribution >= 4 is 17.3 Å². The van der Waals surface area contributed by atoms with Crippen molar-refractivity contribution in [3.63, 3.8) is 0 Å². The predicted molar refractivity (Wildman–Crippen MR) is 69.5 cm³/mol. The fraction of sp³-hybridized carbons (Fsp3) is 0.267. The maximum atomic E-state index is 12.0. The zero-order valence-corrected chi connectivity index (χ0v) is 11.0. The molecule has 0 heterocycles. The van der Waals surface area contributed by atoms with E-state index in [0.29, 0.717) is 11.1 Å². The third kappa shape index (κ3) is 2.39. The Bertz CT molecular complexity index is 600. The summed E-state index contributed by atoms with van der Waals surface area (Å²) in [6, 6.07) is 0. The predicted octanol–water partition coefficient (Wildman–Crippen LogP) is 1.48. The Morgan fingerprint density at radius 3 is 2.21 bits per heavy atom. The van der Waals surface area contributed by atoms with Gasteiger partial charge in [-0.3, -0.25) is 14.4 Å². The minimum Gasteiger partial charge on any atom is -0.369 e. The molecule has 0 amide bonds. The van der Waals surface area contributed by atoms with Crippen molar-refractivity contribution in [2.45, 2.75) is 20.0 Å². The summed E-state index contributed by atoms with van der Waals surface area (Å²) in [5, 5.41) is 0. The van der Waals surface area contributed by atoms with Gasteiger partial charge in [-0.1, -0.05) is 6.08 Å². The second-order valence-corrected chi connectivity index (χ2v) is 4.65. The van der Waals surface area contributed by atoms with E-state index in [9.17, 15) is 14.4 Å². The molecule has 0 aromatic carbocycles. The van der Waals surface area contributed by atoms with Crippen LogP contribution in [0.4, 0.5) is 0 Å². The fourth-order valence-corrected chi connectivity index (χ4v) is 2.23. The van der Waals surface area contributed by atoms with Gasteiger partial charge in [0.1, 0.15) is 6.10 Å². The Morgan fingerprint density at radius 1 is 0.947 bits per heavy atom. The van der Waals surface area contributed by atoms with Crippen LogP contribution in [-0.2, 0) is 19.1 Å². The summed E-state index contributed by atoms with van der Waals surface area (Å²) < 4.78 is 5.15. The normalized spacial score (nSPS) is 23.7. The Labute approximate surface area is 111 Å². The highest BCUT2D eigenvalue weighted by Crippen LogP contribution is 2.28. The molecule has 98 valence electrons. The second kappa shape index (κ2) is 4.90. The number of ketones is 3. The lowest BCUT2D eigenvalue weighted by Crippen LogP contribution is -2.31. The van der Waals surface area contributed by atoms with Gasteiger partial charge in [0, 0.05) is 18.3 Å². The van der Waals surface area contributed by atoms with Crippen LogP contribution in [0.25, 0.3) is 0 Å². The highest BCUT2D eigenvalue weighted by molar-refractivity contribution is 6.49. The first-order valence-electron chi connectivity index (χ1n) is 5.89. The van der Waals surface area contributed by atoms with Crippen LogP contribution < -0.4 is 0 Å². The van der Waals surface area contributed by atoms with E-state index in [1.807, 2.05) is 0 Å². The van der Waals surface area contributed by atoms with E-state index in [0.717, 1.165) is 5.57 Å². The molecule has 0 N–H and O–H groups in total. The van der Waals surface area contributed by atoms with E-state index in [1.54, 1.807) is 26.0 Å². The van der Waals surface area contributed by atoms with Crippen LogP contribution in [0.2, 0.25) is 0 Å². The molecule has 0 fully saturated rings. The summed E-state index contributed by atoms with van der Waals surface area (Å²) in [6.45, 7) is 3.50. The van der Waals surface area contributed by atoms with E-state index in [4.69, 9.17) is 4.74 Å². The van der Waals surface area contributed by atoms with Crippen molar-refractivity contribution in [2.24, 2.45) is 0 Å². The monoisotopic (exact) mass is 258 g/mol. The molecule has 0 bridgehead atoms. The first-order chi connectivity index (χ1) is 8.93. The summed E-state index contributed by atoms with van der Waals surface area (Å²) in [5.41, 5.74) is 2.13. The molecule has 0 saturated heterocycles. The minimum atomic E-state index is -0.822. The Balaban J connectivity index is 2.53. The van der Waals surface area contributed by atoms with Crippen LogP contribution in [0.3, 0.4) is 0 Å². The van der Waals surface area contributed by atoms with Gasteiger partial charge in [0.25, 0.3) is 0 Å². The molecule has 19 heavy (non-hydrogen) atoms. The zero-order valence-electron chi connectivity index (χ0n) is 11.0. The first-order valence-corrected chi connectivity index (χ1v) is 5.89. The van der Waals surface area contributed by atoms with Crippen LogP contribution in [-0.4, -0.2) is 30.6 Å². The highest BCUT2D eigenvalue weighted by Gasteiger charge is 2.32. The van der Waals surface area contributed by atoms with Crippen molar-refractivity contribution in [1.29, 1.82) is 0 Å². The molecular formula is C15H14O4. The molecule has 2 rings (SSSR count). The average molecular weight is 258 g/mol. The number of allylic oxidation sites excluding steroid dienone is 5. The van der Waals surface area contributed by atoms with Crippen molar-refractivity contribution in [3.8, 4) is 0 Å². The lowest BCUT2D eigenvalue weighted by atomic mass is 9.84. The van der Waals surface area contributed by atoms with Crippen molar-refractivity contribution < 1.29 is 19.1 Å². The van der Waals surface area contributed by atoms with Gasteiger partial charge in [0.05, 0.1) is 0 Å². The topological polar surface area (TPSA) is 60.4 Å². The number of carbonyl (C=O) groups excluding carboxylic acids is 3. The summed E-state index contributed by atoms with van der Waals surface area (Å²) in [5.74, 6) is -1.38. The van der Waals surface area contributed by atoms with Gasteiger partial charge in [0.15, 0.2) is 5.78 Å². The SMILES string of the molecule is COC1C(=O)C=C(C)C=C1C1=CC(C)=CC(=O)C1=O. The summed E-state index contributed by atoms with van der Waals surface area (Å²) in [4.78, 5) is 35.4. The number of hydrogen-bond donors (Lipinski definition) is 0. The van der Waals surface area contributed by atoms with Gasteiger partial charge in [-0.15, -0.1) is 0 Å². The number of ether oxygens (including phenoxy) is 1. The largest absolute Gasteiger partial charge is 0.369 e. The van der Waals surface area contributed by atoms with E-state index in [2.05, 4.69) is 0 Å². The van der Waals surface area contributed by atoms with Crippen molar-refractivity contribution in [2.75, 3.05) is 7.11 Å². The van der Waals surface area contributed by atoms with Crippen LogP contribution in [0.5, 0.6) is 0 Å². The Hall–Kier alpha value is -2.07. The molecule has 0 radical (unpaired) electrons. The van der Waals surface area contributed by atoms with Crippen LogP contribution in [0.1, 0.15) is 13.8 Å². The molecule has 0 aromatic rings. The molecule has 0 spiro atoms. The lowest BCUT2D eigenvalue weighted by molar-refractivity contribution is -0.131. The van der Waals surface area contributed by atoms with Gasteiger partial charge in [-0.25, -0.2) is 0 Å². The summed E-state index contributed by atoms with van der Waals surface area (Å²) in [7, 11) is 1.41. The highest BCUT2D eigenvalue weighted by atomic mass is 16.5. The van der Waals surface area contributed by atoms with Crippen LogP contribution in [0.15, 0.2) is 46.6 Å². The standard InChI is InChI=1S/C15H14O4/c1-8-4-10(14(18)12(16)6-8)11-5-9(2)7-13(17)15(11)19-3/h4-7,15H,1-3H3. The van der Waals surface area contributed by atoms with Gasteiger partial charge >= 0.3 is 0 Å². The molecule has 2 aliphatic rings. The number of rotatable bonds is 2. The molecule has 1 unspecified atom stereocenters. The minimum absolute atomic E-state index is 0.217. The summed E-state index contributed by atoms with van der Waals surface area (Å²) >= 11 is 0. The molecule has 0 aliphatic heterocycles. The fourth-order valence-electron chi connectivity index (χ4n) is 2.23. The van der Waals surface area contributed by atoms with Crippen LogP contribution >= 0.6 is 0 Å². The molecule has 2 aliphatic carbocycles. The smallest absolute Gasteiger partial charge is 0.233 e. The van der Waals surface area contributed by atoms with E-state index >= 15 is 0 Å². The van der Waals surface area contributed by atoms with E-state index in [1.165, 1.54) is 19.3 Å². The maximum absolute atomic E-state index is 12.0. The molecule has 0 aromatic heterocycles. The molecule has 1 atom stereocenters. The van der Waals surface area contributed by atoms with Crippen molar-refractivity contribution in [1.82, 2.24) is 0 Å². The van der Waals surface area contributed by atoms with Crippen molar-refractivity contribution in [3.05, 3.63) is 46.6 Å². The number of hydrogen-bond acceptors (Lipinski definition) is 4. The van der Waals surface area contributed by atoms with Gasteiger partial charge in [-0.05, 0) is 43.2 Å². The Kier molecular flexibility index (Phi) is 3.44. The quantitative estimate of drug-likeness (QED) is 0.556. The van der Waals surface area contributed by atoms with E-state index < -0.39 is 17.7 Å². The molecular weight excluding hydrogens is 244 g/mol. The number of methoxy groups -OCH3 is 1. The summed E-state index contributed by atoms with van der Waals surface area (Å²) in [6.07, 6.45) is 5.27. The van der Waals surface area contributed by atoms with Gasteiger partial charge in [0.2, 0.25) is 11.6 Å². The second-order valence-electron chi connectivity index (χ2n) is 4.65. The first kappa shape index (κ1) is 13.4. The molecule has 4 nitrogen and oxygen atoms in total. The third-order valence-electron chi connectivity index (χ3n) is 3.04. The van der Waals surface area contributed by atoms with Gasteiger partial charge in [-0.2, -0.15) is 0 Å². The zero-order chi connectivity index (χ0) is 14.2. The number of carbonyl (C=O) groups is 3. The molecule has 4 heteroatoms. The maximum Gasteiger partial charge on any atom is 0.233 e. The average Bonchev–Trinajstić information content (AvgIpc) is 2.33.